The first-order chi connectivity index (χ1) is 13.6. The second-order valence-electron chi connectivity index (χ2n) is 6.43. The summed E-state index contributed by atoms with van der Waals surface area (Å²) in [4.78, 5) is 6.48. The van der Waals surface area contributed by atoms with Crippen LogP contribution >= 0.6 is 0 Å². The SMILES string of the molecule is CN=C(NCCCc1ccc(OC)c(OC)c1)N(C)Cc1ccccc1OC. The Morgan fingerprint density at radius 2 is 1.68 bits per heavy atom. The van der Waals surface area contributed by atoms with E-state index in [0.717, 1.165) is 54.7 Å². The molecule has 0 aliphatic heterocycles. The number of guanidine groups is 1. The molecule has 6 nitrogen and oxygen atoms in total. The van der Waals surface area contributed by atoms with E-state index in [1.807, 2.05) is 37.4 Å². The van der Waals surface area contributed by atoms with Gasteiger partial charge in [0.25, 0.3) is 0 Å². The van der Waals surface area contributed by atoms with E-state index in [1.54, 1.807) is 28.4 Å². The zero-order valence-corrected chi connectivity index (χ0v) is 17.5. The Bertz CT molecular complexity index is 777. The van der Waals surface area contributed by atoms with Crippen LogP contribution in [0.4, 0.5) is 0 Å². The van der Waals surface area contributed by atoms with E-state index >= 15 is 0 Å². The molecular weight excluding hydrogens is 354 g/mol. The minimum Gasteiger partial charge on any atom is -0.496 e. The molecule has 0 fully saturated rings. The Kier molecular flexibility index (Phi) is 8.46. The summed E-state index contributed by atoms with van der Waals surface area (Å²) >= 11 is 0. The summed E-state index contributed by atoms with van der Waals surface area (Å²) in [6.07, 6.45) is 1.93. The molecule has 28 heavy (non-hydrogen) atoms. The number of ether oxygens (including phenoxy) is 3. The van der Waals surface area contributed by atoms with Crippen molar-refractivity contribution in [2.24, 2.45) is 4.99 Å². The van der Waals surface area contributed by atoms with Gasteiger partial charge < -0.3 is 24.4 Å². The number of nitrogens with one attached hydrogen (secondary N) is 1. The van der Waals surface area contributed by atoms with Gasteiger partial charge in [-0.25, -0.2) is 0 Å². The molecule has 2 aromatic rings. The van der Waals surface area contributed by atoms with Crippen molar-refractivity contribution in [3.63, 3.8) is 0 Å². The summed E-state index contributed by atoms with van der Waals surface area (Å²) in [5, 5.41) is 3.43. The summed E-state index contributed by atoms with van der Waals surface area (Å²) in [6.45, 7) is 1.55. The van der Waals surface area contributed by atoms with Crippen molar-refractivity contribution in [3.8, 4) is 17.2 Å². The van der Waals surface area contributed by atoms with Crippen LogP contribution in [0.3, 0.4) is 0 Å². The summed E-state index contributed by atoms with van der Waals surface area (Å²) in [6, 6.07) is 14.1. The highest BCUT2D eigenvalue weighted by atomic mass is 16.5. The fourth-order valence-corrected chi connectivity index (χ4v) is 3.08. The molecule has 0 atom stereocenters. The second-order valence-corrected chi connectivity index (χ2v) is 6.43. The highest BCUT2D eigenvalue weighted by Crippen LogP contribution is 2.27. The van der Waals surface area contributed by atoms with E-state index < -0.39 is 0 Å². The molecule has 1 N–H and O–H groups in total. The van der Waals surface area contributed by atoms with Crippen molar-refractivity contribution in [1.82, 2.24) is 10.2 Å². The minimum atomic E-state index is 0.722. The van der Waals surface area contributed by atoms with Crippen LogP contribution in [0.1, 0.15) is 17.5 Å². The number of benzene rings is 2. The fraction of sp³-hybridized carbons (Fsp3) is 0.409. The predicted octanol–water partition coefficient (Wildman–Crippen LogP) is 3.35. The van der Waals surface area contributed by atoms with Gasteiger partial charge in [-0.15, -0.1) is 0 Å². The van der Waals surface area contributed by atoms with Gasteiger partial charge in [-0.05, 0) is 36.6 Å². The first kappa shape index (κ1) is 21.4. The molecule has 0 amide bonds. The standard InChI is InChI=1S/C22H31N3O3/c1-23-22(25(2)16-18-10-6-7-11-19(18)26-3)24-14-8-9-17-12-13-20(27-4)21(15-17)28-5/h6-7,10-13,15H,8-9,14,16H2,1-5H3,(H,23,24). The molecule has 0 aliphatic rings. The van der Waals surface area contributed by atoms with Crippen LogP contribution in [0.5, 0.6) is 17.2 Å². The first-order valence-corrected chi connectivity index (χ1v) is 9.37. The summed E-state index contributed by atoms with van der Waals surface area (Å²) in [5.41, 5.74) is 2.34. The Hall–Kier alpha value is -2.89. The highest BCUT2D eigenvalue weighted by molar-refractivity contribution is 5.79. The molecule has 0 unspecified atom stereocenters. The van der Waals surface area contributed by atoms with Crippen LogP contribution in [0.2, 0.25) is 0 Å². The van der Waals surface area contributed by atoms with E-state index in [0.29, 0.717) is 0 Å². The van der Waals surface area contributed by atoms with E-state index in [9.17, 15) is 0 Å². The zero-order chi connectivity index (χ0) is 20.4. The van der Waals surface area contributed by atoms with Crippen molar-refractivity contribution >= 4 is 5.96 Å². The summed E-state index contributed by atoms with van der Waals surface area (Å²) < 4.78 is 16.1. The average Bonchev–Trinajstić information content (AvgIpc) is 2.73. The lowest BCUT2D eigenvalue weighted by molar-refractivity contribution is 0.354. The number of aryl methyl sites for hydroxylation is 1. The average molecular weight is 386 g/mol. The fourth-order valence-electron chi connectivity index (χ4n) is 3.08. The van der Waals surface area contributed by atoms with Crippen molar-refractivity contribution in [1.29, 1.82) is 0 Å². The van der Waals surface area contributed by atoms with E-state index in [-0.39, 0.29) is 0 Å². The van der Waals surface area contributed by atoms with E-state index in [2.05, 4.69) is 27.3 Å². The predicted molar refractivity (Wildman–Crippen MR) is 114 cm³/mol. The Morgan fingerprint density at radius 1 is 0.964 bits per heavy atom. The maximum absolute atomic E-state index is 5.44. The molecule has 0 aromatic heterocycles. The number of para-hydroxylation sites is 1. The molecule has 6 heteroatoms. The normalized spacial score (nSPS) is 11.1. The number of nitrogens with zero attached hydrogens (tertiary/aromatic N) is 2. The Labute approximate surface area is 168 Å². The second kappa shape index (κ2) is 11.1. The molecule has 0 saturated carbocycles. The largest absolute Gasteiger partial charge is 0.496 e. The third kappa shape index (κ3) is 5.81. The lowest BCUT2D eigenvalue weighted by atomic mass is 10.1. The first-order valence-electron chi connectivity index (χ1n) is 9.37. The van der Waals surface area contributed by atoms with Crippen molar-refractivity contribution < 1.29 is 14.2 Å². The highest BCUT2D eigenvalue weighted by Gasteiger charge is 2.10. The maximum atomic E-state index is 5.44. The number of aliphatic imine (C=N–C) groups is 1. The zero-order valence-electron chi connectivity index (χ0n) is 17.5. The van der Waals surface area contributed by atoms with Gasteiger partial charge in [-0.1, -0.05) is 24.3 Å². The topological polar surface area (TPSA) is 55.3 Å². The molecule has 2 aromatic carbocycles. The van der Waals surface area contributed by atoms with Crippen LogP contribution in [0.15, 0.2) is 47.5 Å². The van der Waals surface area contributed by atoms with E-state index in [4.69, 9.17) is 14.2 Å². The van der Waals surface area contributed by atoms with Crippen LogP contribution in [-0.4, -0.2) is 52.8 Å². The molecule has 0 spiro atoms. The molecule has 0 bridgehead atoms. The van der Waals surface area contributed by atoms with Gasteiger partial charge in [0.15, 0.2) is 17.5 Å². The quantitative estimate of drug-likeness (QED) is 0.408. The van der Waals surface area contributed by atoms with Gasteiger partial charge in [-0.2, -0.15) is 0 Å². The van der Waals surface area contributed by atoms with Crippen LogP contribution in [-0.2, 0) is 13.0 Å². The Morgan fingerprint density at radius 3 is 2.36 bits per heavy atom. The smallest absolute Gasteiger partial charge is 0.193 e. The van der Waals surface area contributed by atoms with Crippen molar-refractivity contribution in [3.05, 3.63) is 53.6 Å². The summed E-state index contributed by atoms with van der Waals surface area (Å²) in [7, 11) is 8.82. The maximum Gasteiger partial charge on any atom is 0.193 e. The van der Waals surface area contributed by atoms with Crippen LogP contribution < -0.4 is 19.5 Å². The molecule has 0 aliphatic carbocycles. The molecule has 0 saturated heterocycles. The van der Waals surface area contributed by atoms with Gasteiger partial charge >= 0.3 is 0 Å². The lowest BCUT2D eigenvalue weighted by Crippen LogP contribution is -2.39. The number of hydrogen-bond donors (Lipinski definition) is 1. The Balaban J connectivity index is 1.85. The number of methoxy groups -OCH3 is 3. The van der Waals surface area contributed by atoms with Crippen molar-refractivity contribution in [2.75, 3.05) is 42.0 Å². The van der Waals surface area contributed by atoms with Gasteiger partial charge in [0.05, 0.1) is 21.3 Å². The van der Waals surface area contributed by atoms with Gasteiger partial charge in [0, 0.05) is 32.7 Å². The van der Waals surface area contributed by atoms with Crippen molar-refractivity contribution in [2.45, 2.75) is 19.4 Å². The monoisotopic (exact) mass is 385 g/mol. The van der Waals surface area contributed by atoms with Gasteiger partial charge in [-0.3, -0.25) is 4.99 Å². The van der Waals surface area contributed by atoms with Gasteiger partial charge in [0.2, 0.25) is 0 Å². The number of hydrogen-bond acceptors (Lipinski definition) is 4. The minimum absolute atomic E-state index is 0.722. The molecule has 2 rings (SSSR count). The van der Waals surface area contributed by atoms with Crippen LogP contribution in [0, 0.1) is 0 Å². The molecule has 152 valence electrons. The summed E-state index contributed by atoms with van der Waals surface area (Å²) in [5.74, 6) is 3.26. The number of rotatable bonds is 9. The molecule has 0 heterocycles. The third-order valence-electron chi connectivity index (χ3n) is 4.55. The van der Waals surface area contributed by atoms with Crippen LogP contribution in [0.25, 0.3) is 0 Å². The van der Waals surface area contributed by atoms with E-state index in [1.165, 1.54) is 5.56 Å². The molecular formula is C22H31N3O3. The third-order valence-corrected chi connectivity index (χ3v) is 4.55. The lowest BCUT2D eigenvalue weighted by Gasteiger charge is -2.23. The molecule has 0 radical (unpaired) electrons. The van der Waals surface area contributed by atoms with Gasteiger partial charge in [0.1, 0.15) is 5.75 Å².